The first-order chi connectivity index (χ1) is 11.9. The molecule has 0 atom stereocenters. The van der Waals surface area contributed by atoms with Crippen molar-refractivity contribution >= 4 is 28.6 Å². The number of ether oxygens (including phenoxy) is 1. The number of anilines is 1. The Morgan fingerprint density at radius 2 is 1.92 bits per heavy atom. The smallest absolute Gasteiger partial charge is 0.406 e. The van der Waals surface area contributed by atoms with Crippen molar-refractivity contribution in [2.75, 3.05) is 12.4 Å². The highest BCUT2D eigenvalue weighted by atomic mass is 32.2. The van der Waals surface area contributed by atoms with E-state index in [2.05, 4.69) is 10.1 Å². The number of carbonyl (C=O) groups excluding carboxylic acids is 1. The van der Waals surface area contributed by atoms with Gasteiger partial charge in [-0.15, -0.1) is 13.2 Å². The predicted octanol–water partition coefficient (Wildman–Crippen LogP) is 5.59. The number of aldehydes is 1. The summed E-state index contributed by atoms with van der Waals surface area (Å²) in [4.78, 5) is 12.7. The van der Waals surface area contributed by atoms with Crippen LogP contribution < -0.4 is 10.1 Å². The Hall–Kier alpha value is -2.41. The lowest BCUT2D eigenvalue weighted by molar-refractivity contribution is -0.274. The summed E-state index contributed by atoms with van der Waals surface area (Å²) in [5, 5.41) is 2.88. The minimum atomic E-state index is -4.74. The van der Waals surface area contributed by atoms with Gasteiger partial charge in [0.25, 0.3) is 0 Å². The predicted molar refractivity (Wildman–Crippen MR) is 94.0 cm³/mol. The summed E-state index contributed by atoms with van der Waals surface area (Å²) in [6.45, 7) is 1.82. The van der Waals surface area contributed by atoms with E-state index in [1.807, 2.05) is 25.1 Å². The van der Waals surface area contributed by atoms with E-state index < -0.39 is 6.36 Å². The molecule has 0 fully saturated rings. The lowest BCUT2D eigenvalue weighted by Crippen LogP contribution is -2.17. The fourth-order valence-corrected chi connectivity index (χ4v) is 3.22. The average Bonchev–Trinajstić information content (AvgIpc) is 2.58. The number of allylic oxidation sites excluding steroid dienone is 1. The van der Waals surface area contributed by atoms with Crippen LogP contribution in [0.1, 0.15) is 22.8 Å². The van der Waals surface area contributed by atoms with Gasteiger partial charge < -0.3 is 10.1 Å². The number of benzene rings is 2. The van der Waals surface area contributed by atoms with Crippen LogP contribution in [0, 0.1) is 0 Å². The van der Waals surface area contributed by atoms with Gasteiger partial charge in [0.05, 0.1) is 0 Å². The fourth-order valence-electron chi connectivity index (χ4n) is 2.20. The fraction of sp³-hybridized carbons (Fsp3) is 0.167. The van der Waals surface area contributed by atoms with E-state index in [0.717, 1.165) is 16.1 Å². The zero-order chi connectivity index (χ0) is 18.4. The largest absolute Gasteiger partial charge is 0.573 e. The van der Waals surface area contributed by atoms with Crippen LogP contribution >= 0.6 is 11.8 Å². The lowest BCUT2D eigenvalue weighted by atomic mass is 10.1. The van der Waals surface area contributed by atoms with Crippen molar-refractivity contribution in [3.63, 3.8) is 0 Å². The van der Waals surface area contributed by atoms with E-state index in [4.69, 9.17) is 0 Å². The molecular weight excluding hydrogens is 351 g/mol. The van der Waals surface area contributed by atoms with Crippen molar-refractivity contribution in [2.24, 2.45) is 0 Å². The van der Waals surface area contributed by atoms with Crippen LogP contribution in [-0.2, 0) is 0 Å². The molecule has 2 aromatic carbocycles. The Labute approximate surface area is 147 Å². The Bertz CT molecular complexity index is 788. The molecule has 0 aliphatic heterocycles. The van der Waals surface area contributed by atoms with E-state index in [1.165, 1.54) is 23.9 Å². The number of rotatable bonds is 6. The van der Waals surface area contributed by atoms with Crippen LogP contribution in [0.15, 0.2) is 53.4 Å². The maximum atomic E-state index is 12.4. The Morgan fingerprint density at radius 3 is 2.52 bits per heavy atom. The zero-order valence-electron chi connectivity index (χ0n) is 13.6. The SMILES string of the molecule is C/C=C(\Sc1ccccc1C=O)c1ccc(OC(F)(F)F)cc1NC. The maximum absolute atomic E-state index is 12.4. The van der Waals surface area contributed by atoms with Crippen molar-refractivity contribution in [1.29, 1.82) is 0 Å². The molecule has 2 aromatic rings. The summed E-state index contributed by atoms with van der Waals surface area (Å²) in [5.74, 6) is -0.297. The molecular formula is C18H16F3NO2S. The van der Waals surface area contributed by atoms with Crippen molar-refractivity contribution in [3.05, 3.63) is 59.7 Å². The second-order valence-electron chi connectivity index (χ2n) is 4.92. The van der Waals surface area contributed by atoms with Crippen molar-refractivity contribution in [2.45, 2.75) is 18.2 Å². The summed E-state index contributed by atoms with van der Waals surface area (Å²) in [7, 11) is 1.62. The highest BCUT2D eigenvalue weighted by molar-refractivity contribution is 8.08. The minimum absolute atomic E-state index is 0.297. The monoisotopic (exact) mass is 367 g/mol. The molecule has 25 heavy (non-hydrogen) atoms. The molecule has 0 unspecified atom stereocenters. The van der Waals surface area contributed by atoms with Gasteiger partial charge >= 0.3 is 6.36 Å². The number of halogens is 3. The summed E-state index contributed by atoms with van der Waals surface area (Å²) < 4.78 is 41.1. The van der Waals surface area contributed by atoms with Gasteiger partial charge in [0.2, 0.25) is 0 Å². The maximum Gasteiger partial charge on any atom is 0.573 e. The highest BCUT2D eigenvalue weighted by Crippen LogP contribution is 2.40. The van der Waals surface area contributed by atoms with Gasteiger partial charge in [-0.3, -0.25) is 4.79 Å². The second-order valence-corrected chi connectivity index (χ2v) is 6.00. The molecule has 0 radical (unpaired) electrons. The van der Waals surface area contributed by atoms with Crippen LogP contribution in [-0.4, -0.2) is 19.7 Å². The molecule has 0 amide bonds. The topological polar surface area (TPSA) is 38.3 Å². The summed E-state index contributed by atoms with van der Waals surface area (Å²) in [6.07, 6.45) is -2.13. The minimum Gasteiger partial charge on any atom is -0.406 e. The lowest BCUT2D eigenvalue weighted by Gasteiger charge is -2.16. The molecule has 3 nitrogen and oxygen atoms in total. The number of hydrogen-bond acceptors (Lipinski definition) is 4. The van der Waals surface area contributed by atoms with Gasteiger partial charge in [0.1, 0.15) is 5.75 Å². The molecule has 0 bridgehead atoms. The van der Waals surface area contributed by atoms with E-state index in [1.54, 1.807) is 25.2 Å². The molecule has 1 N–H and O–H groups in total. The first-order valence-electron chi connectivity index (χ1n) is 7.34. The Morgan fingerprint density at radius 1 is 1.20 bits per heavy atom. The van der Waals surface area contributed by atoms with Gasteiger partial charge in [0.15, 0.2) is 6.29 Å². The molecule has 2 rings (SSSR count). The van der Waals surface area contributed by atoms with E-state index >= 15 is 0 Å². The Balaban J connectivity index is 2.36. The molecule has 0 aliphatic carbocycles. The normalized spacial score (nSPS) is 12.0. The molecule has 132 valence electrons. The third kappa shape index (κ3) is 5.03. The third-order valence-corrected chi connectivity index (χ3v) is 4.55. The van der Waals surface area contributed by atoms with E-state index in [0.29, 0.717) is 16.8 Å². The molecule has 0 aromatic heterocycles. The molecule has 7 heteroatoms. The number of thioether (sulfide) groups is 1. The van der Waals surface area contributed by atoms with E-state index in [9.17, 15) is 18.0 Å². The zero-order valence-corrected chi connectivity index (χ0v) is 14.4. The third-order valence-electron chi connectivity index (χ3n) is 3.29. The molecule has 0 saturated carbocycles. The summed E-state index contributed by atoms with van der Waals surface area (Å²) >= 11 is 1.37. The van der Waals surface area contributed by atoms with Crippen LogP contribution in [0.2, 0.25) is 0 Å². The number of alkyl halides is 3. The van der Waals surface area contributed by atoms with Crippen LogP contribution in [0.4, 0.5) is 18.9 Å². The van der Waals surface area contributed by atoms with E-state index in [-0.39, 0.29) is 5.75 Å². The van der Waals surface area contributed by atoms with Gasteiger partial charge in [-0.25, -0.2) is 0 Å². The van der Waals surface area contributed by atoms with Crippen LogP contribution in [0.5, 0.6) is 5.75 Å². The van der Waals surface area contributed by atoms with Crippen molar-refractivity contribution < 1.29 is 22.7 Å². The first-order valence-corrected chi connectivity index (χ1v) is 8.16. The second kappa shape index (κ2) is 8.11. The van der Waals surface area contributed by atoms with Crippen LogP contribution in [0.25, 0.3) is 4.91 Å². The van der Waals surface area contributed by atoms with Crippen LogP contribution in [0.3, 0.4) is 0 Å². The summed E-state index contributed by atoms with van der Waals surface area (Å²) in [5.41, 5.74) is 1.76. The van der Waals surface area contributed by atoms with Gasteiger partial charge in [0, 0.05) is 39.7 Å². The average molecular weight is 367 g/mol. The quantitative estimate of drug-likeness (QED) is 0.533. The first kappa shape index (κ1) is 18.9. The van der Waals surface area contributed by atoms with Gasteiger partial charge in [-0.05, 0) is 25.1 Å². The van der Waals surface area contributed by atoms with Crippen molar-refractivity contribution in [1.82, 2.24) is 0 Å². The number of carbonyl (C=O) groups is 1. The Kier molecular flexibility index (Phi) is 6.14. The highest BCUT2D eigenvalue weighted by Gasteiger charge is 2.31. The molecule has 0 saturated heterocycles. The molecule has 0 aliphatic rings. The molecule has 0 heterocycles. The number of nitrogens with one attached hydrogen (secondary N) is 1. The molecule has 0 spiro atoms. The summed E-state index contributed by atoms with van der Waals surface area (Å²) in [6, 6.07) is 11.2. The van der Waals surface area contributed by atoms with Gasteiger partial charge in [-0.2, -0.15) is 0 Å². The number of hydrogen-bond donors (Lipinski definition) is 1. The standard InChI is InChI=1S/C18H16F3NO2S/c1-3-16(25-17-7-5-4-6-12(17)11-23)14-9-8-13(10-15(14)22-2)24-18(19,20)21/h3-11,22H,1-2H3/b16-3-. The van der Waals surface area contributed by atoms with Gasteiger partial charge in [-0.1, -0.05) is 36.0 Å². The van der Waals surface area contributed by atoms with Crippen molar-refractivity contribution in [3.8, 4) is 5.75 Å².